The van der Waals surface area contributed by atoms with Gasteiger partial charge in [0, 0.05) is 6.54 Å². The number of carbonyl (C=O) groups is 1. The van der Waals surface area contributed by atoms with Gasteiger partial charge in [0.2, 0.25) is 5.91 Å². The average molecular weight is 156 g/mol. The second-order valence-electron chi connectivity index (χ2n) is 2.44. The van der Waals surface area contributed by atoms with Crippen molar-refractivity contribution in [3.05, 3.63) is 12.2 Å². The van der Waals surface area contributed by atoms with Gasteiger partial charge in [-0.05, 0) is 20.3 Å². The summed E-state index contributed by atoms with van der Waals surface area (Å²) in [6.45, 7) is 4.29. The van der Waals surface area contributed by atoms with E-state index in [9.17, 15) is 4.79 Å². The zero-order valence-corrected chi connectivity index (χ0v) is 7.13. The zero-order valence-electron chi connectivity index (χ0n) is 7.13. The average Bonchev–Trinajstić information content (AvgIpc) is 1.97. The summed E-state index contributed by atoms with van der Waals surface area (Å²) in [6, 6.07) is -0.402. The van der Waals surface area contributed by atoms with Crippen molar-refractivity contribution in [2.24, 2.45) is 5.73 Å². The third kappa shape index (κ3) is 5.61. The van der Waals surface area contributed by atoms with Gasteiger partial charge in [-0.2, -0.15) is 0 Å². The molecule has 0 aromatic heterocycles. The highest BCUT2D eigenvalue weighted by Gasteiger charge is 2.03. The fraction of sp³-hybridized carbons (Fsp3) is 0.625. The molecule has 1 atom stereocenters. The third-order valence-corrected chi connectivity index (χ3v) is 1.26. The summed E-state index contributed by atoms with van der Waals surface area (Å²) < 4.78 is 0. The summed E-state index contributed by atoms with van der Waals surface area (Å²) >= 11 is 0. The molecule has 0 bridgehead atoms. The van der Waals surface area contributed by atoms with E-state index in [1.807, 2.05) is 19.1 Å². The molecule has 3 nitrogen and oxygen atoms in total. The number of amides is 1. The SMILES string of the molecule is C/C=C/CCNC(=O)[C@H](C)N. The highest BCUT2D eigenvalue weighted by Crippen LogP contribution is 1.80. The van der Waals surface area contributed by atoms with E-state index in [1.165, 1.54) is 0 Å². The first-order valence-corrected chi connectivity index (χ1v) is 3.83. The molecule has 0 aliphatic carbocycles. The molecule has 0 aromatic rings. The lowest BCUT2D eigenvalue weighted by Crippen LogP contribution is -2.38. The van der Waals surface area contributed by atoms with Gasteiger partial charge in [0.25, 0.3) is 0 Å². The maximum absolute atomic E-state index is 10.8. The highest BCUT2D eigenvalue weighted by molar-refractivity contribution is 5.80. The molecule has 0 spiro atoms. The Bertz CT molecular complexity index is 141. The van der Waals surface area contributed by atoms with E-state index in [0.717, 1.165) is 6.42 Å². The molecule has 0 radical (unpaired) electrons. The van der Waals surface area contributed by atoms with Crippen molar-refractivity contribution in [2.75, 3.05) is 6.54 Å². The predicted octanol–water partition coefficient (Wildman–Crippen LogP) is 0.416. The molecule has 0 aromatic carbocycles. The minimum Gasteiger partial charge on any atom is -0.354 e. The zero-order chi connectivity index (χ0) is 8.69. The van der Waals surface area contributed by atoms with E-state index >= 15 is 0 Å². The van der Waals surface area contributed by atoms with Gasteiger partial charge in [-0.15, -0.1) is 0 Å². The van der Waals surface area contributed by atoms with Crippen LogP contribution in [0, 0.1) is 0 Å². The maximum atomic E-state index is 10.8. The van der Waals surface area contributed by atoms with Gasteiger partial charge in [-0.1, -0.05) is 12.2 Å². The van der Waals surface area contributed by atoms with Crippen LogP contribution in [-0.4, -0.2) is 18.5 Å². The van der Waals surface area contributed by atoms with Gasteiger partial charge >= 0.3 is 0 Å². The largest absolute Gasteiger partial charge is 0.354 e. The molecular formula is C8H16N2O. The quantitative estimate of drug-likeness (QED) is 0.457. The Hall–Kier alpha value is -0.830. The van der Waals surface area contributed by atoms with Crippen molar-refractivity contribution >= 4 is 5.91 Å². The summed E-state index contributed by atoms with van der Waals surface area (Å²) in [4.78, 5) is 10.8. The van der Waals surface area contributed by atoms with Crippen LogP contribution in [0.1, 0.15) is 20.3 Å². The summed E-state index contributed by atoms with van der Waals surface area (Å²) in [5, 5.41) is 2.70. The summed E-state index contributed by atoms with van der Waals surface area (Å²) in [5.41, 5.74) is 5.32. The summed E-state index contributed by atoms with van der Waals surface area (Å²) in [7, 11) is 0. The van der Waals surface area contributed by atoms with Crippen LogP contribution >= 0.6 is 0 Å². The monoisotopic (exact) mass is 156 g/mol. The number of nitrogens with one attached hydrogen (secondary N) is 1. The van der Waals surface area contributed by atoms with Gasteiger partial charge in [0.05, 0.1) is 6.04 Å². The van der Waals surface area contributed by atoms with E-state index in [1.54, 1.807) is 6.92 Å². The van der Waals surface area contributed by atoms with E-state index < -0.39 is 6.04 Å². The molecule has 3 N–H and O–H groups in total. The molecule has 3 heteroatoms. The van der Waals surface area contributed by atoms with E-state index in [0.29, 0.717) is 6.54 Å². The van der Waals surface area contributed by atoms with Crippen molar-refractivity contribution in [1.29, 1.82) is 0 Å². The molecule has 0 unspecified atom stereocenters. The Labute approximate surface area is 67.7 Å². The number of hydrogen-bond acceptors (Lipinski definition) is 2. The molecule has 0 rings (SSSR count). The Kier molecular flexibility index (Phi) is 5.47. The topological polar surface area (TPSA) is 55.1 Å². The first-order chi connectivity index (χ1) is 5.18. The van der Waals surface area contributed by atoms with Crippen molar-refractivity contribution < 1.29 is 4.79 Å². The molecular weight excluding hydrogens is 140 g/mol. The van der Waals surface area contributed by atoms with Gasteiger partial charge in [-0.25, -0.2) is 0 Å². The molecule has 0 saturated heterocycles. The van der Waals surface area contributed by atoms with Gasteiger partial charge in [0.15, 0.2) is 0 Å². The number of rotatable bonds is 4. The van der Waals surface area contributed by atoms with Crippen molar-refractivity contribution in [2.45, 2.75) is 26.3 Å². The second-order valence-corrected chi connectivity index (χ2v) is 2.44. The van der Waals surface area contributed by atoms with E-state index in [2.05, 4.69) is 5.32 Å². The van der Waals surface area contributed by atoms with Crippen LogP contribution in [0.15, 0.2) is 12.2 Å². The Balaban J connectivity index is 3.32. The highest BCUT2D eigenvalue weighted by atomic mass is 16.2. The van der Waals surface area contributed by atoms with Crippen LogP contribution in [0.2, 0.25) is 0 Å². The van der Waals surface area contributed by atoms with E-state index in [4.69, 9.17) is 5.73 Å². The normalized spacial score (nSPS) is 13.4. The Morgan fingerprint density at radius 2 is 2.36 bits per heavy atom. The lowest BCUT2D eigenvalue weighted by molar-refractivity contribution is -0.121. The fourth-order valence-corrected chi connectivity index (χ4v) is 0.606. The van der Waals surface area contributed by atoms with Gasteiger partial charge in [0.1, 0.15) is 0 Å². The number of carbonyl (C=O) groups excluding carboxylic acids is 1. The van der Waals surface area contributed by atoms with Crippen LogP contribution in [0.4, 0.5) is 0 Å². The molecule has 11 heavy (non-hydrogen) atoms. The van der Waals surface area contributed by atoms with Crippen molar-refractivity contribution in [3.63, 3.8) is 0 Å². The molecule has 0 fully saturated rings. The van der Waals surface area contributed by atoms with Crippen LogP contribution < -0.4 is 11.1 Å². The van der Waals surface area contributed by atoms with Crippen molar-refractivity contribution in [1.82, 2.24) is 5.32 Å². The predicted molar refractivity (Wildman–Crippen MR) is 46.1 cm³/mol. The fourth-order valence-electron chi connectivity index (χ4n) is 0.606. The smallest absolute Gasteiger partial charge is 0.236 e. The Morgan fingerprint density at radius 3 is 2.82 bits per heavy atom. The van der Waals surface area contributed by atoms with Crippen molar-refractivity contribution in [3.8, 4) is 0 Å². The maximum Gasteiger partial charge on any atom is 0.236 e. The minimum atomic E-state index is -0.402. The number of hydrogen-bond donors (Lipinski definition) is 2. The molecule has 0 aliphatic heterocycles. The molecule has 0 aliphatic rings. The molecule has 64 valence electrons. The second kappa shape index (κ2) is 5.92. The summed E-state index contributed by atoms with van der Waals surface area (Å²) in [5.74, 6) is -0.0884. The molecule has 1 amide bonds. The Morgan fingerprint density at radius 1 is 1.73 bits per heavy atom. The molecule has 0 saturated carbocycles. The first kappa shape index (κ1) is 10.2. The standard InChI is InChI=1S/C8H16N2O/c1-3-4-5-6-10-8(11)7(2)9/h3-4,7H,5-6,9H2,1-2H3,(H,10,11)/b4-3+/t7-/m0/s1. The van der Waals surface area contributed by atoms with E-state index in [-0.39, 0.29) is 5.91 Å². The van der Waals surface area contributed by atoms with Crippen LogP contribution in [0.5, 0.6) is 0 Å². The minimum absolute atomic E-state index is 0.0884. The van der Waals surface area contributed by atoms with Gasteiger partial charge < -0.3 is 11.1 Å². The first-order valence-electron chi connectivity index (χ1n) is 3.83. The number of allylic oxidation sites excluding steroid dienone is 1. The third-order valence-electron chi connectivity index (χ3n) is 1.26. The lowest BCUT2D eigenvalue weighted by atomic mass is 10.3. The molecule has 0 heterocycles. The van der Waals surface area contributed by atoms with Crippen LogP contribution in [0.25, 0.3) is 0 Å². The van der Waals surface area contributed by atoms with Gasteiger partial charge in [-0.3, -0.25) is 4.79 Å². The summed E-state index contributed by atoms with van der Waals surface area (Å²) in [6.07, 6.45) is 4.83. The van der Waals surface area contributed by atoms with Crippen LogP contribution in [0.3, 0.4) is 0 Å². The number of nitrogens with two attached hydrogens (primary N) is 1. The lowest BCUT2D eigenvalue weighted by Gasteiger charge is -2.05. The van der Waals surface area contributed by atoms with Crippen LogP contribution in [-0.2, 0) is 4.79 Å².